The van der Waals surface area contributed by atoms with E-state index in [1.54, 1.807) is 7.11 Å². The van der Waals surface area contributed by atoms with E-state index in [-0.39, 0.29) is 17.4 Å². The van der Waals surface area contributed by atoms with Crippen LogP contribution >= 0.6 is 0 Å². The van der Waals surface area contributed by atoms with E-state index in [9.17, 15) is 4.79 Å². The summed E-state index contributed by atoms with van der Waals surface area (Å²) in [5.74, 6) is 2.45. The zero-order valence-electron chi connectivity index (χ0n) is 18.5. The quantitative estimate of drug-likeness (QED) is 0.829. The summed E-state index contributed by atoms with van der Waals surface area (Å²) >= 11 is 0. The van der Waals surface area contributed by atoms with Gasteiger partial charge in [-0.1, -0.05) is 42.5 Å². The topological polar surface area (TPSA) is 55.4 Å². The fraction of sp³-hybridized carbons (Fsp3) is 0.500. The van der Waals surface area contributed by atoms with Crippen molar-refractivity contribution in [3.05, 3.63) is 59.7 Å². The number of piperidine rings is 1. The third-order valence-electron chi connectivity index (χ3n) is 7.84. The minimum absolute atomic E-state index is 0.0158. The predicted molar refractivity (Wildman–Crippen MR) is 120 cm³/mol. The van der Waals surface area contributed by atoms with Crippen molar-refractivity contribution in [2.24, 2.45) is 5.92 Å². The van der Waals surface area contributed by atoms with Crippen LogP contribution in [0, 0.1) is 5.92 Å². The average Bonchev–Trinajstić information content (AvgIpc) is 3.23. The summed E-state index contributed by atoms with van der Waals surface area (Å²) in [6.07, 6.45) is 2.96. The van der Waals surface area contributed by atoms with Crippen LogP contribution in [0.3, 0.4) is 0 Å². The van der Waals surface area contributed by atoms with Gasteiger partial charge in [0.05, 0.1) is 32.2 Å². The number of amides is 1. The van der Waals surface area contributed by atoms with Crippen molar-refractivity contribution in [1.29, 1.82) is 0 Å². The molecule has 0 radical (unpaired) electrons. The summed E-state index contributed by atoms with van der Waals surface area (Å²) < 4.78 is 11.6. The summed E-state index contributed by atoms with van der Waals surface area (Å²) in [5, 5.41) is 2.32. The van der Waals surface area contributed by atoms with Gasteiger partial charge in [0.25, 0.3) is 0 Å². The summed E-state index contributed by atoms with van der Waals surface area (Å²) in [7, 11) is 1.68. The number of methoxy groups -OCH3 is 1. The fourth-order valence-corrected chi connectivity index (χ4v) is 6.20. The lowest BCUT2D eigenvalue weighted by molar-refractivity contribution is -0.640. The van der Waals surface area contributed by atoms with Crippen LogP contribution in [0.5, 0.6) is 11.5 Å². The molecule has 0 aromatic heterocycles. The third-order valence-corrected chi connectivity index (χ3v) is 7.84. The normalized spacial score (nSPS) is 30.0. The van der Waals surface area contributed by atoms with Gasteiger partial charge in [-0.15, -0.1) is 0 Å². The van der Waals surface area contributed by atoms with Gasteiger partial charge in [0.2, 0.25) is 5.91 Å². The van der Waals surface area contributed by atoms with Crippen molar-refractivity contribution in [3.8, 4) is 11.5 Å². The van der Waals surface area contributed by atoms with Gasteiger partial charge >= 0.3 is 0 Å². The van der Waals surface area contributed by atoms with Crippen LogP contribution in [0.4, 0.5) is 0 Å². The van der Waals surface area contributed by atoms with Gasteiger partial charge in [0, 0.05) is 18.2 Å². The lowest BCUT2D eigenvalue weighted by atomic mass is 9.68. The molecule has 164 valence electrons. The van der Waals surface area contributed by atoms with Crippen LogP contribution < -0.4 is 14.8 Å². The molecule has 2 unspecified atom stereocenters. The van der Waals surface area contributed by atoms with Crippen molar-refractivity contribution >= 4 is 5.91 Å². The number of para-hydroxylation sites is 1. The van der Waals surface area contributed by atoms with Gasteiger partial charge in [-0.05, 0) is 43.7 Å². The summed E-state index contributed by atoms with van der Waals surface area (Å²) in [5.41, 5.74) is 2.38. The van der Waals surface area contributed by atoms with E-state index < -0.39 is 0 Å². The molecular formula is C26H33N2O3+. The molecule has 0 saturated carbocycles. The third kappa shape index (κ3) is 3.39. The maximum Gasteiger partial charge on any atom is 0.232 e. The lowest BCUT2D eigenvalue weighted by Gasteiger charge is -2.43. The molecule has 31 heavy (non-hydrogen) atoms. The zero-order valence-corrected chi connectivity index (χ0v) is 18.5. The fourth-order valence-electron chi connectivity index (χ4n) is 6.20. The molecule has 3 aliphatic heterocycles. The molecule has 5 nitrogen and oxygen atoms in total. The summed E-state index contributed by atoms with van der Waals surface area (Å²) in [6.45, 7) is 5.48. The molecule has 2 fully saturated rings. The highest BCUT2D eigenvalue weighted by Crippen LogP contribution is 2.48. The first-order valence-electron chi connectivity index (χ1n) is 11.6. The minimum atomic E-state index is -0.171. The molecule has 0 aliphatic carbocycles. The maximum absolute atomic E-state index is 13.9. The molecule has 2 aromatic carbocycles. The first-order valence-corrected chi connectivity index (χ1v) is 11.6. The van der Waals surface area contributed by atoms with E-state index in [0.29, 0.717) is 18.4 Å². The Hall–Kier alpha value is -2.53. The number of carbonyl (C=O) groups is 1. The molecular weight excluding hydrogens is 388 g/mol. The number of benzene rings is 2. The highest BCUT2D eigenvalue weighted by molar-refractivity contribution is 5.82. The van der Waals surface area contributed by atoms with Gasteiger partial charge < -0.3 is 19.7 Å². The Balaban J connectivity index is 1.39. The van der Waals surface area contributed by atoms with Crippen molar-refractivity contribution in [1.82, 2.24) is 4.90 Å². The van der Waals surface area contributed by atoms with Crippen molar-refractivity contribution < 1.29 is 19.6 Å². The number of hydrogen-bond acceptors (Lipinski definition) is 3. The number of ether oxygens (including phenoxy) is 2. The molecule has 1 spiro atoms. The molecule has 5 heteroatoms. The number of carbonyl (C=O) groups excluding carboxylic acids is 1. The molecule has 3 heterocycles. The number of nitrogens with two attached hydrogens (primary N) is 1. The first-order chi connectivity index (χ1) is 15.1. The Morgan fingerprint density at radius 2 is 2.03 bits per heavy atom. The Kier molecular flexibility index (Phi) is 5.39. The van der Waals surface area contributed by atoms with Gasteiger partial charge in [0.15, 0.2) is 11.5 Å². The second-order valence-electron chi connectivity index (χ2n) is 9.39. The Labute approximate surface area is 184 Å². The largest absolute Gasteiger partial charge is 0.493 e. The van der Waals surface area contributed by atoms with E-state index in [1.165, 1.54) is 5.56 Å². The van der Waals surface area contributed by atoms with Crippen LogP contribution in [-0.2, 0) is 10.2 Å². The molecule has 1 amide bonds. The van der Waals surface area contributed by atoms with E-state index in [1.807, 2.05) is 12.1 Å². The Morgan fingerprint density at radius 3 is 2.81 bits per heavy atom. The molecule has 4 atom stereocenters. The smallest absolute Gasteiger partial charge is 0.232 e. The van der Waals surface area contributed by atoms with Crippen LogP contribution in [0.25, 0.3) is 0 Å². The number of nitrogens with zero attached hydrogens (tertiary/aromatic N) is 1. The van der Waals surface area contributed by atoms with Crippen LogP contribution in [0.2, 0.25) is 0 Å². The Morgan fingerprint density at radius 1 is 1.19 bits per heavy atom. The molecule has 2 N–H and O–H groups in total. The highest BCUT2D eigenvalue weighted by Gasteiger charge is 2.55. The van der Waals surface area contributed by atoms with E-state index >= 15 is 0 Å². The molecule has 3 aliphatic rings. The van der Waals surface area contributed by atoms with Crippen molar-refractivity contribution in [2.75, 3.05) is 33.4 Å². The highest BCUT2D eigenvalue weighted by atomic mass is 16.5. The number of rotatable bonds is 3. The maximum atomic E-state index is 13.9. The number of likely N-dealkylation sites (tertiary alicyclic amines) is 1. The second-order valence-corrected chi connectivity index (χ2v) is 9.39. The molecule has 0 bridgehead atoms. The number of fused-ring (bicyclic) bond motifs is 2. The van der Waals surface area contributed by atoms with Gasteiger partial charge in [-0.2, -0.15) is 0 Å². The van der Waals surface area contributed by atoms with E-state index in [2.05, 4.69) is 53.5 Å². The summed E-state index contributed by atoms with van der Waals surface area (Å²) in [6, 6.07) is 17.1. The van der Waals surface area contributed by atoms with Gasteiger partial charge in [-0.3, -0.25) is 4.79 Å². The van der Waals surface area contributed by atoms with Crippen LogP contribution in [-0.4, -0.2) is 50.2 Å². The Bertz CT molecular complexity index is 947. The monoisotopic (exact) mass is 421 g/mol. The van der Waals surface area contributed by atoms with Crippen LogP contribution in [0.15, 0.2) is 48.5 Å². The van der Waals surface area contributed by atoms with Crippen molar-refractivity contribution in [3.63, 3.8) is 0 Å². The first kappa shape index (κ1) is 20.4. The predicted octanol–water partition coefficient (Wildman–Crippen LogP) is 2.70. The molecule has 2 aromatic rings. The standard InChI is InChI=1S/C26H32N2O3/c1-18-15-20(19-7-4-3-5-8-19)11-13-28(18)25(29)22-16-27-17-26(22)12-14-31-24-21(26)9-6-10-23(24)30-2/h3-10,18,20,22,27H,11-17H2,1-2H3/p+1/t18?,20?,22-,26-/m0/s1. The van der Waals surface area contributed by atoms with Crippen molar-refractivity contribution in [2.45, 2.75) is 43.6 Å². The minimum Gasteiger partial charge on any atom is -0.493 e. The molecule has 2 saturated heterocycles. The SMILES string of the molecule is COc1cccc2c1OCC[C@]21C[NH2+]C[C@H]1C(=O)N1CCC(c2ccccc2)CC1C. The van der Waals surface area contributed by atoms with E-state index in [0.717, 1.165) is 56.0 Å². The number of quaternary nitrogens is 1. The summed E-state index contributed by atoms with van der Waals surface area (Å²) in [4.78, 5) is 16.1. The lowest BCUT2D eigenvalue weighted by Crippen LogP contribution is -2.82. The van der Waals surface area contributed by atoms with E-state index in [4.69, 9.17) is 9.47 Å². The second kappa shape index (κ2) is 8.19. The zero-order chi connectivity index (χ0) is 21.4. The van der Waals surface area contributed by atoms with Gasteiger partial charge in [0.1, 0.15) is 5.92 Å². The van der Waals surface area contributed by atoms with Gasteiger partial charge in [-0.25, -0.2) is 0 Å². The average molecular weight is 422 g/mol. The molecule has 5 rings (SSSR count). The number of hydrogen-bond donors (Lipinski definition) is 1. The van der Waals surface area contributed by atoms with Crippen LogP contribution in [0.1, 0.15) is 43.2 Å².